The van der Waals surface area contributed by atoms with Crippen molar-refractivity contribution in [3.05, 3.63) is 28.8 Å². The van der Waals surface area contributed by atoms with Crippen molar-refractivity contribution in [1.29, 1.82) is 0 Å². The van der Waals surface area contributed by atoms with Crippen LogP contribution in [0.5, 0.6) is 5.75 Å². The van der Waals surface area contributed by atoms with Gasteiger partial charge in [0.1, 0.15) is 5.75 Å². The van der Waals surface area contributed by atoms with Crippen molar-refractivity contribution in [2.75, 3.05) is 13.7 Å². The van der Waals surface area contributed by atoms with Crippen LogP contribution in [-0.4, -0.2) is 25.7 Å². The fourth-order valence-electron chi connectivity index (χ4n) is 1.45. The molecule has 0 aliphatic heterocycles. The van der Waals surface area contributed by atoms with Gasteiger partial charge in [0, 0.05) is 17.1 Å². The standard InChI is InChI=1S/C13H18ClNO3/c1-9(2)18-13(16)8-17-12-5-4-11(14)6-10(12)7-15-3/h4-6,9,15H,7-8H2,1-3H3. The lowest BCUT2D eigenvalue weighted by atomic mass is 10.2. The molecular formula is C13H18ClNO3. The highest BCUT2D eigenvalue weighted by Gasteiger charge is 2.09. The number of rotatable bonds is 6. The Labute approximate surface area is 112 Å². The van der Waals surface area contributed by atoms with E-state index < -0.39 is 0 Å². The van der Waals surface area contributed by atoms with Crippen LogP contribution < -0.4 is 10.1 Å². The van der Waals surface area contributed by atoms with Gasteiger partial charge in [-0.25, -0.2) is 4.79 Å². The Morgan fingerprint density at radius 3 is 2.78 bits per heavy atom. The van der Waals surface area contributed by atoms with Crippen molar-refractivity contribution in [3.63, 3.8) is 0 Å². The van der Waals surface area contributed by atoms with E-state index in [-0.39, 0.29) is 18.7 Å². The quantitative estimate of drug-likeness (QED) is 0.807. The lowest BCUT2D eigenvalue weighted by Gasteiger charge is -2.12. The van der Waals surface area contributed by atoms with Gasteiger partial charge in [0.15, 0.2) is 6.61 Å². The summed E-state index contributed by atoms with van der Waals surface area (Å²) in [6.45, 7) is 4.12. The Bertz CT molecular complexity index is 407. The van der Waals surface area contributed by atoms with Crippen LogP contribution >= 0.6 is 11.6 Å². The molecule has 1 N–H and O–H groups in total. The van der Waals surface area contributed by atoms with E-state index in [1.54, 1.807) is 32.0 Å². The highest BCUT2D eigenvalue weighted by atomic mass is 35.5. The second kappa shape index (κ2) is 7.24. The molecule has 4 nitrogen and oxygen atoms in total. The maximum absolute atomic E-state index is 11.4. The van der Waals surface area contributed by atoms with Gasteiger partial charge in [-0.1, -0.05) is 11.6 Å². The highest BCUT2D eigenvalue weighted by molar-refractivity contribution is 6.30. The van der Waals surface area contributed by atoms with E-state index in [9.17, 15) is 4.79 Å². The molecule has 0 fully saturated rings. The van der Waals surface area contributed by atoms with Crippen LogP contribution in [0.15, 0.2) is 18.2 Å². The summed E-state index contributed by atoms with van der Waals surface area (Å²) in [7, 11) is 1.83. The third-order valence-corrected chi connectivity index (χ3v) is 2.34. The van der Waals surface area contributed by atoms with E-state index in [0.29, 0.717) is 17.3 Å². The topological polar surface area (TPSA) is 47.6 Å². The number of carbonyl (C=O) groups is 1. The number of hydrogen-bond acceptors (Lipinski definition) is 4. The van der Waals surface area contributed by atoms with Crippen LogP contribution in [0.25, 0.3) is 0 Å². The van der Waals surface area contributed by atoms with Crippen molar-refractivity contribution >= 4 is 17.6 Å². The number of esters is 1. The molecule has 0 spiro atoms. The van der Waals surface area contributed by atoms with E-state index in [4.69, 9.17) is 21.1 Å². The predicted molar refractivity (Wildman–Crippen MR) is 70.9 cm³/mol. The predicted octanol–water partition coefficient (Wildman–Crippen LogP) is 2.39. The van der Waals surface area contributed by atoms with E-state index in [2.05, 4.69) is 5.32 Å². The Kier molecular flexibility index (Phi) is 5.95. The first-order valence-electron chi connectivity index (χ1n) is 5.78. The molecule has 5 heteroatoms. The molecule has 1 aromatic carbocycles. The summed E-state index contributed by atoms with van der Waals surface area (Å²) in [6.07, 6.45) is -0.136. The van der Waals surface area contributed by atoms with Crippen LogP contribution in [0.2, 0.25) is 5.02 Å². The summed E-state index contributed by atoms with van der Waals surface area (Å²) in [5.74, 6) is 0.254. The molecule has 0 aliphatic rings. The molecule has 0 radical (unpaired) electrons. The fraction of sp³-hybridized carbons (Fsp3) is 0.462. The van der Waals surface area contributed by atoms with Gasteiger partial charge < -0.3 is 14.8 Å². The van der Waals surface area contributed by atoms with Crippen molar-refractivity contribution < 1.29 is 14.3 Å². The van der Waals surface area contributed by atoms with Crippen LogP contribution in [0.1, 0.15) is 19.4 Å². The molecule has 0 atom stereocenters. The summed E-state index contributed by atoms with van der Waals surface area (Å²) in [6, 6.07) is 5.28. The van der Waals surface area contributed by atoms with Gasteiger partial charge in [-0.2, -0.15) is 0 Å². The maximum atomic E-state index is 11.4. The summed E-state index contributed by atoms with van der Waals surface area (Å²) >= 11 is 5.91. The number of ether oxygens (including phenoxy) is 2. The highest BCUT2D eigenvalue weighted by Crippen LogP contribution is 2.22. The molecule has 0 bridgehead atoms. The first kappa shape index (κ1) is 14.8. The van der Waals surface area contributed by atoms with E-state index in [1.165, 1.54) is 0 Å². The van der Waals surface area contributed by atoms with Gasteiger partial charge in [0.25, 0.3) is 0 Å². The SMILES string of the molecule is CNCc1cc(Cl)ccc1OCC(=O)OC(C)C. The first-order valence-corrected chi connectivity index (χ1v) is 6.16. The molecule has 1 aromatic rings. The zero-order valence-corrected chi connectivity index (χ0v) is 11.6. The van der Waals surface area contributed by atoms with Crippen molar-refractivity contribution in [2.24, 2.45) is 0 Å². The Morgan fingerprint density at radius 1 is 1.44 bits per heavy atom. The largest absolute Gasteiger partial charge is 0.482 e. The average molecular weight is 272 g/mol. The Balaban J connectivity index is 2.63. The van der Waals surface area contributed by atoms with Crippen LogP contribution in [-0.2, 0) is 16.1 Å². The molecule has 0 amide bonds. The molecule has 0 heterocycles. The average Bonchev–Trinajstić information content (AvgIpc) is 2.27. The summed E-state index contributed by atoms with van der Waals surface area (Å²) < 4.78 is 10.4. The zero-order chi connectivity index (χ0) is 13.5. The monoisotopic (exact) mass is 271 g/mol. The van der Waals surface area contributed by atoms with Crippen molar-refractivity contribution in [1.82, 2.24) is 5.32 Å². The smallest absolute Gasteiger partial charge is 0.344 e. The van der Waals surface area contributed by atoms with E-state index in [1.807, 2.05) is 7.05 Å². The number of halogens is 1. The van der Waals surface area contributed by atoms with Gasteiger partial charge in [-0.05, 0) is 39.1 Å². The van der Waals surface area contributed by atoms with Gasteiger partial charge in [-0.15, -0.1) is 0 Å². The lowest BCUT2D eigenvalue weighted by molar-refractivity contribution is -0.149. The van der Waals surface area contributed by atoms with Gasteiger partial charge >= 0.3 is 5.97 Å². The van der Waals surface area contributed by atoms with E-state index in [0.717, 1.165) is 5.56 Å². The molecule has 18 heavy (non-hydrogen) atoms. The van der Waals surface area contributed by atoms with Crippen LogP contribution in [0, 0.1) is 0 Å². The minimum Gasteiger partial charge on any atom is -0.482 e. The Hall–Kier alpha value is -1.26. The fourth-order valence-corrected chi connectivity index (χ4v) is 1.65. The second-order valence-corrected chi connectivity index (χ2v) is 4.55. The zero-order valence-electron chi connectivity index (χ0n) is 10.8. The molecule has 0 saturated carbocycles. The first-order chi connectivity index (χ1) is 8.52. The van der Waals surface area contributed by atoms with Crippen molar-refractivity contribution in [2.45, 2.75) is 26.5 Å². The molecule has 0 unspecified atom stereocenters. The number of benzene rings is 1. The van der Waals surface area contributed by atoms with Gasteiger partial charge in [0.2, 0.25) is 0 Å². The minimum absolute atomic E-state index is 0.101. The summed E-state index contributed by atoms with van der Waals surface area (Å²) in [5, 5.41) is 3.65. The molecule has 0 aliphatic carbocycles. The minimum atomic E-state index is -0.379. The maximum Gasteiger partial charge on any atom is 0.344 e. The van der Waals surface area contributed by atoms with Gasteiger partial charge in [0.05, 0.1) is 6.10 Å². The number of nitrogens with one attached hydrogen (secondary N) is 1. The van der Waals surface area contributed by atoms with Gasteiger partial charge in [-0.3, -0.25) is 0 Å². The number of hydrogen-bond donors (Lipinski definition) is 1. The summed E-state index contributed by atoms with van der Waals surface area (Å²) in [4.78, 5) is 11.4. The normalized spacial score (nSPS) is 10.5. The molecule has 0 aromatic heterocycles. The molecule has 100 valence electrons. The Morgan fingerprint density at radius 2 is 2.17 bits per heavy atom. The van der Waals surface area contributed by atoms with Crippen molar-refractivity contribution in [3.8, 4) is 5.75 Å². The molecule has 0 saturated heterocycles. The van der Waals surface area contributed by atoms with E-state index >= 15 is 0 Å². The van der Waals surface area contributed by atoms with Crippen LogP contribution in [0.3, 0.4) is 0 Å². The lowest BCUT2D eigenvalue weighted by Crippen LogP contribution is -2.19. The number of carbonyl (C=O) groups excluding carboxylic acids is 1. The second-order valence-electron chi connectivity index (χ2n) is 4.11. The molecular weight excluding hydrogens is 254 g/mol. The summed E-state index contributed by atoms with van der Waals surface area (Å²) in [5.41, 5.74) is 0.905. The third kappa shape index (κ3) is 4.94. The third-order valence-electron chi connectivity index (χ3n) is 2.10. The van der Waals surface area contributed by atoms with Crippen LogP contribution in [0.4, 0.5) is 0 Å². The molecule has 1 rings (SSSR count).